The smallest absolute Gasteiger partial charge is 0.382 e. The molecule has 27 heavy (non-hydrogen) atoms. The summed E-state index contributed by atoms with van der Waals surface area (Å²) in [5.74, 6) is -0.831. The summed E-state index contributed by atoms with van der Waals surface area (Å²) in [4.78, 5) is 22.0. The molecule has 0 spiro atoms. The third-order valence-electron chi connectivity index (χ3n) is 4.39. The Morgan fingerprint density at radius 1 is 1.19 bits per heavy atom. The van der Waals surface area contributed by atoms with Crippen molar-refractivity contribution in [3.63, 3.8) is 0 Å². The molecule has 0 radical (unpaired) electrons. The fourth-order valence-corrected chi connectivity index (χ4v) is 2.93. The van der Waals surface area contributed by atoms with Crippen LogP contribution in [-0.2, 0) is 6.18 Å². The molecule has 1 saturated heterocycles. The summed E-state index contributed by atoms with van der Waals surface area (Å²) in [6, 6.07) is 3.33. The quantitative estimate of drug-likeness (QED) is 0.753. The Morgan fingerprint density at radius 2 is 1.85 bits per heavy atom. The molecule has 2 heterocycles. The van der Waals surface area contributed by atoms with Crippen molar-refractivity contribution in [3.8, 4) is 0 Å². The molecular formula is C17H19F3N6O. The van der Waals surface area contributed by atoms with Crippen LogP contribution in [0.1, 0.15) is 28.9 Å². The Balaban J connectivity index is 1.95. The van der Waals surface area contributed by atoms with Gasteiger partial charge in [0.15, 0.2) is 11.5 Å². The molecule has 0 unspecified atom stereocenters. The van der Waals surface area contributed by atoms with Crippen molar-refractivity contribution in [2.24, 2.45) is 5.73 Å². The minimum Gasteiger partial charge on any atom is -0.382 e. The summed E-state index contributed by atoms with van der Waals surface area (Å²) in [5.41, 5.74) is 11.0. The van der Waals surface area contributed by atoms with Gasteiger partial charge < -0.3 is 21.7 Å². The second-order valence-electron chi connectivity index (χ2n) is 6.30. The zero-order valence-corrected chi connectivity index (χ0v) is 14.3. The van der Waals surface area contributed by atoms with E-state index in [1.54, 1.807) is 0 Å². The molecule has 0 atom stereocenters. The second kappa shape index (κ2) is 7.39. The predicted molar refractivity (Wildman–Crippen MR) is 95.3 cm³/mol. The van der Waals surface area contributed by atoms with Crippen molar-refractivity contribution < 1.29 is 18.0 Å². The minimum atomic E-state index is -4.53. The van der Waals surface area contributed by atoms with Crippen LogP contribution in [-0.4, -0.2) is 35.0 Å². The van der Waals surface area contributed by atoms with Crippen molar-refractivity contribution >= 4 is 23.1 Å². The number of hydrogen-bond acceptors (Lipinski definition) is 6. The van der Waals surface area contributed by atoms with Crippen LogP contribution in [0.4, 0.5) is 30.4 Å². The minimum absolute atomic E-state index is 0.0374. The van der Waals surface area contributed by atoms with Gasteiger partial charge in [0.1, 0.15) is 0 Å². The number of aromatic nitrogens is 2. The van der Waals surface area contributed by atoms with E-state index >= 15 is 0 Å². The van der Waals surface area contributed by atoms with Crippen LogP contribution in [0.2, 0.25) is 0 Å². The predicted octanol–water partition coefficient (Wildman–Crippen LogP) is 2.26. The summed E-state index contributed by atoms with van der Waals surface area (Å²) < 4.78 is 39.4. The largest absolute Gasteiger partial charge is 0.416 e. The highest BCUT2D eigenvalue weighted by molar-refractivity contribution is 6.07. The molecule has 3 rings (SSSR count). The van der Waals surface area contributed by atoms with Crippen LogP contribution in [0.3, 0.4) is 0 Å². The number of nitrogens with zero attached hydrogens (tertiary/aromatic N) is 3. The monoisotopic (exact) mass is 380 g/mol. The first-order chi connectivity index (χ1) is 12.8. The topological polar surface area (TPSA) is 110 Å². The van der Waals surface area contributed by atoms with Crippen LogP contribution in [0.5, 0.6) is 0 Å². The van der Waals surface area contributed by atoms with Gasteiger partial charge in [0.05, 0.1) is 16.9 Å². The number of amides is 1. The molecule has 0 aliphatic carbocycles. The lowest BCUT2D eigenvalue weighted by molar-refractivity contribution is -0.137. The fourth-order valence-electron chi connectivity index (χ4n) is 2.93. The molecule has 0 bridgehead atoms. The molecule has 0 saturated carbocycles. The molecule has 2 aromatic rings. The lowest BCUT2D eigenvalue weighted by atomic mass is 10.0. The van der Waals surface area contributed by atoms with Gasteiger partial charge in [-0.15, -0.1) is 0 Å². The molecular weight excluding hydrogens is 361 g/mol. The van der Waals surface area contributed by atoms with Crippen LogP contribution in [0.25, 0.3) is 0 Å². The number of nitrogens with two attached hydrogens (primary N) is 2. The fraction of sp³-hybridized carbons (Fsp3) is 0.353. The van der Waals surface area contributed by atoms with E-state index in [1.165, 1.54) is 18.5 Å². The molecule has 1 aromatic carbocycles. The van der Waals surface area contributed by atoms with E-state index in [-0.39, 0.29) is 23.2 Å². The van der Waals surface area contributed by atoms with Crippen molar-refractivity contribution in [2.75, 3.05) is 29.0 Å². The number of halogens is 3. The van der Waals surface area contributed by atoms with E-state index in [2.05, 4.69) is 15.3 Å². The molecule has 1 aliphatic rings. The lowest BCUT2D eigenvalue weighted by Crippen LogP contribution is -2.40. The van der Waals surface area contributed by atoms with E-state index in [4.69, 9.17) is 11.5 Å². The number of alkyl halides is 3. The zero-order chi connectivity index (χ0) is 19.6. The second-order valence-corrected chi connectivity index (χ2v) is 6.30. The molecule has 1 aliphatic heterocycles. The first kappa shape index (κ1) is 18.9. The van der Waals surface area contributed by atoms with Gasteiger partial charge in [-0.1, -0.05) is 0 Å². The lowest BCUT2D eigenvalue weighted by Gasteiger charge is -2.33. The molecule has 5 N–H and O–H groups in total. The van der Waals surface area contributed by atoms with E-state index in [0.29, 0.717) is 31.6 Å². The first-order valence-electron chi connectivity index (χ1n) is 8.35. The Bertz CT molecular complexity index is 834. The average Bonchev–Trinajstić information content (AvgIpc) is 2.62. The Hall–Kier alpha value is -2.88. The SMILES string of the molecule is Nc1nccnc1C(=O)Nc1cc(C(F)(F)F)ccc1N1CCC(N)CC1. The van der Waals surface area contributed by atoms with Crippen molar-refractivity contribution in [1.82, 2.24) is 9.97 Å². The summed E-state index contributed by atoms with van der Waals surface area (Å²) in [7, 11) is 0. The highest BCUT2D eigenvalue weighted by Crippen LogP contribution is 2.36. The van der Waals surface area contributed by atoms with Crippen molar-refractivity contribution in [3.05, 3.63) is 41.9 Å². The average molecular weight is 380 g/mol. The number of anilines is 3. The van der Waals surface area contributed by atoms with E-state index in [9.17, 15) is 18.0 Å². The highest BCUT2D eigenvalue weighted by Gasteiger charge is 2.32. The summed E-state index contributed by atoms with van der Waals surface area (Å²) in [5, 5.41) is 2.49. The van der Waals surface area contributed by atoms with Gasteiger partial charge in [0, 0.05) is 31.5 Å². The standard InChI is InChI=1S/C17H19F3N6O/c18-17(19,20)10-1-2-13(26-7-3-11(21)4-8-26)12(9-10)25-16(27)14-15(22)24-6-5-23-14/h1-2,5-6,9,11H,3-4,7-8,21H2,(H2,22,24)(H,25,27). The van der Waals surface area contributed by atoms with E-state index < -0.39 is 17.6 Å². The molecule has 7 nitrogen and oxygen atoms in total. The van der Waals surface area contributed by atoms with Crippen molar-refractivity contribution in [2.45, 2.75) is 25.1 Å². The molecule has 1 aromatic heterocycles. The molecule has 1 fully saturated rings. The number of hydrogen-bond donors (Lipinski definition) is 3. The molecule has 144 valence electrons. The summed E-state index contributed by atoms with van der Waals surface area (Å²) in [6.45, 7) is 1.17. The normalized spacial score (nSPS) is 15.6. The van der Waals surface area contributed by atoms with Gasteiger partial charge in [0.2, 0.25) is 0 Å². The van der Waals surface area contributed by atoms with E-state index in [0.717, 1.165) is 12.1 Å². The highest BCUT2D eigenvalue weighted by atomic mass is 19.4. The van der Waals surface area contributed by atoms with Gasteiger partial charge >= 0.3 is 6.18 Å². The maximum absolute atomic E-state index is 13.1. The van der Waals surface area contributed by atoms with Gasteiger partial charge in [-0.3, -0.25) is 4.79 Å². The number of nitrogens with one attached hydrogen (secondary N) is 1. The summed E-state index contributed by atoms with van der Waals surface area (Å²) >= 11 is 0. The number of piperidine rings is 1. The third kappa shape index (κ3) is 4.27. The van der Waals surface area contributed by atoms with Crippen molar-refractivity contribution in [1.29, 1.82) is 0 Å². The Morgan fingerprint density at radius 3 is 2.48 bits per heavy atom. The van der Waals surface area contributed by atoms with Crippen LogP contribution >= 0.6 is 0 Å². The third-order valence-corrected chi connectivity index (χ3v) is 4.39. The van der Waals surface area contributed by atoms with Crippen LogP contribution in [0, 0.1) is 0 Å². The number of rotatable bonds is 3. The maximum atomic E-state index is 13.1. The number of benzene rings is 1. The van der Waals surface area contributed by atoms with Gasteiger partial charge in [0.25, 0.3) is 5.91 Å². The maximum Gasteiger partial charge on any atom is 0.416 e. The Kier molecular flexibility index (Phi) is 5.17. The Labute approximate surface area is 153 Å². The van der Waals surface area contributed by atoms with E-state index in [1.807, 2.05) is 4.90 Å². The zero-order valence-electron chi connectivity index (χ0n) is 14.3. The number of nitrogen functional groups attached to an aromatic ring is 1. The molecule has 10 heteroatoms. The number of carbonyl (C=O) groups excluding carboxylic acids is 1. The van der Waals surface area contributed by atoms with Gasteiger partial charge in [-0.2, -0.15) is 13.2 Å². The first-order valence-corrected chi connectivity index (χ1v) is 8.35. The molecule has 1 amide bonds. The van der Waals surface area contributed by atoms with Gasteiger partial charge in [-0.25, -0.2) is 9.97 Å². The van der Waals surface area contributed by atoms with Crippen LogP contribution < -0.4 is 21.7 Å². The summed E-state index contributed by atoms with van der Waals surface area (Å²) in [6.07, 6.45) is -0.506. The van der Waals surface area contributed by atoms with Crippen LogP contribution in [0.15, 0.2) is 30.6 Å². The van der Waals surface area contributed by atoms with Gasteiger partial charge in [-0.05, 0) is 31.0 Å². The number of carbonyl (C=O) groups is 1.